The van der Waals surface area contributed by atoms with Gasteiger partial charge in [0, 0.05) is 28.8 Å². The molecule has 12 heteroatoms. The molecule has 0 saturated carbocycles. The largest absolute Gasteiger partial charge is 0.398 e. The Kier molecular flexibility index (Phi) is 8.93. The second-order valence-electron chi connectivity index (χ2n) is 8.20. The summed E-state index contributed by atoms with van der Waals surface area (Å²) in [4.78, 5) is 29.6. The lowest BCUT2D eigenvalue weighted by Crippen LogP contribution is -2.24. The van der Waals surface area contributed by atoms with Crippen LogP contribution in [0, 0.1) is 0 Å². The van der Waals surface area contributed by atoms with Crippen molar-refractivity contribution in [2.75, 3.05) is 23.9 Å². The highest BCUT2D eigenvalue weighted by Crippen LogP contribution is 2.29. The lowest BCUT2D eigenvalue weighted by molar-refractivity contribution is -0.117. The van der Waals surface area contributed by atoms with E-state index >= 15 is 0 Å². The van der Waals surface area contributed by atoms with Crippen molar-refractivity contribution in [2.45, 2.75) is 17.2 Å². The van der Waals surface area contributed by atoms with E-state index in [4.69, 9.17) is 40.4 Å². The van der Waals surface area contributed by atoms with Crippen molar-refractivity contribution in [3.8, 4) is 0 Å². The molecule has 0 aliphatic heterocycles. The minimum absolute atomic E-state index is 0.0228. The van der Waals surface area contributed by atoms with Crippen LogP contribution >= 0.6 is 23.2 Å². The molecule has 0 saturated heterocycles. The van der Waals surface area contributed by atoms with E-state index in [0.29, 0.717) is 27.7 Å². The van der Waals surface area contributed by atoms with Gasteiger partial charge in [-0.25, -0.2) is 8.42 Å². The number of rotatable bonds is 8. The molecule has 0 aliphatic rings. The first-order valence-corrected chi connectivity index (χ1v) is 13.6. The lowest BCUT2D eigenvalue weighted by atomic mass is 9.94. The Morgan fingerprint density at radius 1 is 1.03 bits per heavy atom. The molecule has 1 unspecified atom stereocenters. The number of aliphatic imine (C=N–C) groups is 1. The number of hydrogen-bond donors (Lipinski definition) is 4. The van der Waals surface area contributed by atoms with Gasteiger partial charge in [-0.15, -0.1) is 0 Å². The maximum atomic E-state index is 13.1. The molecule has 0 heterocycles. The maximum absolute atomic E-state index is 13.1. The summed E-state index contributed by atoms with van der Waals surface area (Å²) in [5.41, 5.74) is 19.3. The van der Waals surface area contributed by atoms with Gasteiger partial charge in [0.05, 0.1) is 20.9 Å². The SMILES string of the molecule is CS(=O)(=O)c1cccc(C(=O)N=C(N)c2cc(NC(=O)C(CCN)c3ccc(Cl)c(Cl)c3)ccc2N)c1. The highest BCUT2D eigenvalue weighted by atomic mass is 35.5. The van der Waals surface area contributed by atoms with E-state index in [1.54, 1.807) is 24.3 Å². The van der Waals surface area contributed by atoms with E-state index in [1.165, 1.54) is 36.4 Å². The summed E-state index contributed by atoms with van der Waals surface area (Å²) in [5, 5.41) is 3.49. The molecule has 0 aromatic heterocycles. The molecule has 0 radical (unpaired) electrons. The molecule has 3 rings (SSSR count). The molecule has 37 heavy (non-hydrogen) atoms. The van der Waals surface area contributed by atoms with Gasteiger partial charge in [0.1, 0.15) is 5.84 Å². The fourth-order valence-corrected chi connectivity index (χ4v) is 4.50. The van der Waals surface area contributed by atoms with Crippen molar-refractivity contribution in [1.82, 2.24) is 0 Å². The number of nitrogens with one attached hydrogen (secondary N) is 1. The highest BCUT2D eigenvalue weighted by Gasteiger charge is 2.22. The third-order valence-corrected chi connectivity index (χ3v) is 7.30. The van der Waals surface area contributed by atoms with Crippen LogP contribution in [0.1, 0.15) is 33.8 Å². The average molecular weight is 562 g/mol. The number of amidine groups is 1. The quantitative estimate of drug-likeness (QED) is 0.185. The van der Waals surface area contributed by atoms with E-state index in [2.05, 4.69) is 10.3 Å². The second kappa shape index (κ2) is 11.7. The van der Waals surface area contributed by atoms with Crippen LogP contribution in [0.4, 0.5) is 11.4 Å². The van der Waals surface area contributed by atoms with Gasteiger partial charge in [0.2, 0.25) is 5.91 Å². The Balaban J connectivity index is 1.86. The van der Waals surface area contributed by atoms with Gasteiger partial charge < -0.3 is 22.5 Å². The van der Waals surface area contributed by atoms with Crippen LogP contribution in [0.2, 0.25) is 10.0 Å². The van der Waals surface area contributed by atoms with Gasteiger partial charge in [0.25, 0.3) is 5.91 Å². The fourth-order valence-electron chi connectivity index (χ4n) is 3.52. The summed E-state index contributed by atoms with van der Waals surface area (Å²) in [6.45, 7) is 0.258. The summed E-state index contributed by atoms with van der Waals surface area (Å²) in [6.07, 6.45) is 1.39. The Hall–Kier alpha value is -3.44. The molecule has 1 atom stereocenters. The van der Waals surface area contributed by atoms with Crippen molar-refractivity contribution in [3.05, 3.63) is 87.4 Å². The van der Waals surface area contributed by atoms with Crippen molar-refractivity contribution in [3.63, 3.8) is 0 Å². The van der Waals surface area contributed by atoms with Crippen molar-refractivity contribution >= 4 is 62.1 Å². The molecular weight excluding hydrogens is 537 g/mol. The second-order valence-corrected chi connectivity index (χ2v) is 11.0. The lowest BCUT2D eigenvalue weighted by Gasteiger charge is -2.18. The monoisotopic (exact) mass is 561 g/mol. The van der Waals surface area contributed by atoms with Crippen molar-refractivity contribution in [1.29, 1.82) is 0 Å². The summed E-state index contributed by atoms with van der Waals surface area (Å²) < 4.78 is 23.6. The summed E-state index contributed by atoms with van der Waals surface area (Å²) in [6, 6.07) is 15.0. The van der Waals surface area contributed by atoms with E-state index in [-0.39, 0.29) is 40.0 Å². The number of sulfone groups is 1. The number of carbonyl (C=O) groups excluding carboxylic acids is 2. The molecule has 2 amide bonds. The zero-order valence-corrected chi connectivity index (χ0v) is 22.1. The molecule has 0 aliphatic carbocycles. The number of nitrogen functional groups attached to an aromatic ring is 1. The third-order valence-electron chi connectivity index (χ3n) is 5.45. The average Bonchev–Trinajstić information content (AvgIpc) is 2.85. The number of amides is 2. The Bertz CT molecular complexity index is 1490. The van der Waals surface area contributed by atoms with Crippen LogP contribution in [0.15, 0.2) is 70.6 Å². The number of benzene rings is 3. The van der Waals surface area contributed by atoms with Crippen molar-refractivity contribution in [2.24, 2.45) is 16.5 Å². The maximum Gasteiger partial charge on any atom is 0.278 e. The van der Waals surface area contributed by atoms with Crippen LogP contribution in [0.3, 0.4) is 0 Å². The minimum atomic E-state index is -3.51. The predicted octanol–water partition coefficient (Wildman–Crippen LogP) is 3.60. The molecule has 9 nitrogen and oxygen atoms in total. The molecule has 194 valence electrons. The van der Waals surface area contributed by atoms with Crippen LogP contribution in [0.5, 0.6) is 0 Å². The normalized spacial score (nSPS) is 12.7. The number of anilines is 2. The van der Waals surface area contributed by atoms with Crippen LogP contribution in [-0.2, 0) is 14.6 Å². The zero-order valence-electron chi connectivity index (χ0n) is 19.7. The Morgan fingerprint density at radius 2 is 1.76 bits per heavy atom. The van der Waals surface area contributed by atoms with E-state index in [9.17, 15) is 18.0 Å². The standard InChI is InChI=1S/C25H25Cl2N5O4S/c1-37(35,36)17-4-2-3-15(11-17)24(33)32-23(30)19-13-16(6-8-22(19)29)31-25(34)18(9-10-28)14-5-7-20(26)21(27)12-14/h2-8,11-13,18H,9-10,28-29H2,1H3,(H,31,34)(H2,30,32,33). The summed E-state index contributed by atoms with van der Waals surface area (Å²) >= 11 is 12.1. The van der Waals surface area contributed by atoms with Gasteiger partial charge in [-0.3, -0.25) is 9.59 Å². The molecule has 3 aromatic rings. The van der Waals surface area contributed by atoms with Gasteiger partial charge in [0.15, 0.2) is 9.84 Å². The number of nitrogens with two attached hydrogens (primary N) is 3. The molecule has 7 N–H and O–H groups in total. The van der Waals surface area contributed by atoms with Gasteiger partial charge in [-0.1, -0.05) is 35.3 Å². The molecule has 0 bridgehead atoms. The smallest absolute Gasteiger partial charge is 0.278 e. The van der Waals surface area contributed by atoms with Gasteiger partial charge in [-0.2, -0.15) is 4.99 Å². The Morgan fingerprint density at radius 3 is 2.41 bits per heavy atom. The number of hydrogen-bond acceptors (Lipinski definition) is 6. The first-order chi connectivity index (χ1) is 17.4. The van der Waals surface area contributed by atoms with Crippen LogP contribution in [0.25, 0.3) is 0 Å². The van der Waals surface area contributed by atoms with Crippen molar-refractivity contribution < 1.29 is 18.0 Å². The third kappa shape index (κ3) is 7.07. The van der Waals surface area contributed by atoms with Crippen LogP contribution in [-0.4, -0.2) is 38.9 Å². The first-order valence-electron chi connectivity index (χ1n) is 10.9. The number of nitrogens with zero attached hydrogens (tertiary/aromatic N) is 1. The number of halogens is 2. The highest BCUT2D eigenvalue weighted by molar-refractivity contribution is 7.90. The number of carbonyl (C=O) groups is 2. The first kappa shape index (κ1) is 28.1. The molecule has 3 aromatic carbocycles. The zero-order chi connectivity index (χ0) is 27.3. The molecule has 0 fully saturated rings. The summed E-state index contributed by atoms with van der Waals surface area (Å²) in [7, 11) is -3.51. The predicted molar refractivity (Wildman–Crippen MR) is 147 cm³/mol. The van der Waals surface area contributed by atoms with E-state index < -0.39 is 21.7 Å². The fraction of sp³-hybridized carbons (Fsp3) is 0.160. The van der Waals surface area contributed by atoms with Gasteiger partial charge in [-0.05, 0) is 67.1 Å². The van der Waals surface area contributed by atoms with E-state index in [1.807, 2.05) is 0 Å². The van der Waals surface area contributed by atoms with Crippen LogP contribution < -0.4 is 22.5 Å². The molecular formula is C25H25Cl2N5O4S. The minimum Gasteiger partial charge on any atom is -0.398 e. The topological polar surface area (TPSA) is 171 Å². The summed E-state index contributed by atoms with van der Waals surface area (Å²) in [5.74, 6) is -1.90. The Labute approximate surface area is 224 Å². The van der Waals surface area contributed by atoms with Gasteiger partial charge >= 0.3 is 0 Å². The van der Waals surface area contributed by atoms with E-state index in [0.717, 1.165) is 6.26 Å². The molecule has 0 spiro atoms.